The predicted octanol–water partition coefficient (Wildman–Crippen LogP) is 1.64. The maximum Gasteiger partial charge on any atom is 0.138 e. The molecule has 1 heterocycles. The van der Waals surface area contributed by atoms with E-state index in [0.29, 0.717) is 4.99 Å². The van der Waals surface area contributed by atoms with Gasteiger partial charge in [0.05, 0.1) is 5.56 Å². The van der Waals surface area contributed by atoms with Gasteiger partial charge in [0.25, 0.3) is 0 Å². The Morgan fingerprint density at radius 1 is 1.42 bits per heavy atom. The van der Waals surface area contributed by atoms with Crippen LogP contribution in [0.4, 0.5) is 5.82 Å². The fraction of sp³-hybridized carbons (Fsp3) is 0.571. The molecule has 4 nitrogen and oxygen atoms in total. The van der Waals surface area contributed by atoms with E-state index in [1.54, 1.807) is 6.20 Å². The standard InChI is InChI=1S/C14H22N4S/c1-17(2)14(7-5-8-14)10-18(3)13-11(12(15)19)6-4-9-16-13/h4,6,9H,5,7-8,10H2,1-3H3,(H2,15,19). The minimum atomic E-state index is 0.264. The zero-order valence-electron chi connectivity index (χ0n) is 11.9. The molecule has 19 heavy (non-hydrogen) atoms. The van der Waals surface area contributed by atoms with E-state index in [9.17, 15) is 0 Å². The fourth-order valence-corrected chi connectivity index (χ4v) is 2.90. The molecule has 2 rings (SSSR count). The molecule has 0 saturated heterocycles. The molecule has 0 amide bonds. The van der Waals surface area contributed by atoms with Gasteiger partial charge in [-0.05, 0) is 45.5 Å². The van der Waals surface area contributed by atoms with Gasteiger partial charge in [-0.2, -0.15) is 0 Å². The summed E-state index contributed by atoms with van der Waals surface area (Å²) in [6.07, 6.45) is 5.56. The molecule has 1 aromatic rings. The molecule has 0 aromatic carbocycles. The highest BCUT2D eigenvalue weighted by molar-refractivity contribution is 7.80. The van der Waals surface area contributed by atoms with Gasteiger partial charge in [-0.25, -0.2) is 4.98 Å². The highest BCUT2D eigenvalue weighted by Gasteiger charge is 2.40. The van der Waals surface area contributed by atoms with Crippen molar-refractivity contribution in [1.82, 2.24) is 9.88 Å². The monoisotopic (exact) mass is 278 g/mol. The van der Waals surface area contributed by atoms with Gasteiger partial charge in [0, 0.05) is 25.3 Å². The molecule has 2 N–H and O–H groups in total. The summed E-state index contributed by atoms with van der Waals surface area (Å²) in [5.41, 5.74) is 6.90. The van der Waals surface area contributed by atoms with Gasteiger partial charge >= 0.3 is 0 Å². The molecule has 1 saturated carbocycles. The van der Waals surface area contributed by atoms with E-state index in [0.717, 1.165) is 17.9 Å². The molecule has 0 unspecified atom stereocenters. The van der Waals surface area contributed by atoms with Crippen molar-refractivity contribution in [3.8, 4) is 0 Å². The van der Waals surface area contributed by atoms with Gasteiger partial charge < -0.3 is 15.5 Å². The van der Waals surface area contributed by atoms with Gasteiger partial charge in [-0.1, -0.05) is 12.2 Å². The second kappa shape index (κ2) is 5.43. The first kappa shape index (κ1) is 14.2. The molecular formula is C14H22N4S. The Labute approximate surface area is 120 Å². The van der Waals surface area contributed by atoms with E-state index in [-0.39, 0.29) is 5.54 Å². The summed E-state index contributed by atoms with van der Waals surface area (Å²) in [6.45, 7) is 0.951. The van der Waals surface area contributed by atoms with Gasteiger partial charge in [0.15, 0.2) is 0 Å². The Morgan fingerprint density at radius 3 is 2.58 bits per heavy atom. The zero-order valence-corrected chi connectivity index (χ0v) is 12.7. The summed E-state index contributed by atoms with van der Waals surface area (Å²) in [7, 11) is 6.37. The maximum atomic E-state index is 5.78. The van der Waals surface area contributed by atoms with E-state index in [4.69, 9.17) is 18.0 Å². The van der Waals surface area contributed by atoms with Crippen molar-refractivity contribution in [2.45, 2.75) is 24.8 Å². The molecule has 0 aliphatic heterocycles. The molecule has 0 radical (unpaired) electrons. The van der Waals surface area contributed by atoms with Crippen molar-refractivity contribution in [3.05, 3.63) is 23.9 Å². The first-order valence-corrected chi connectivity index (χ1v) is 7.00. The molecule has 0 bridgehead atoms. The number of anilines is 1. The van der Waals surface area contributed by atoms with Crippen LogP contribution in [0.25, 0.3) is 0 Å². The Morgan fingerprint density at radius 2 is 2.11 bits per heavy atom. The SMILES string of the molecule is CN(CC1(N(C)C)CCC1)c1ncccc1C(N)=S. The molecule has 1 fully saturated rings. The average Bonchev–Trinajstić information content (AvgIpc) is 2.33. The van der Waals surface area contributed by atoms with Crippen LogP contribution in [0.3, 0.4) is 0 Å². The smallest absolute Gasteiger partial charge is 0.138 e. The summed E-state index contributed by atoms with van der Waals surface area (Å²) in [5, 5.41) is 0. The van der Waals surface area contributed by atoms with Crippen molar-refractivity contribution in [2.75, 3.05) is 32.6 Å². The van der Waals surface area contributed by atoms with Gasteiger partial charge in [-0.3, -0.25) is 0 Å². The number of aromatic nitrogens is 1. The van der Waals surface area contributed by atoms with Crippen LogP contribution in [-0.4, -0.2) is 48.1 Å². The topological polar surface area (TPSA) is 45.4 Å². The molecule has 1 aromatic heterocycles. The third kappa shape index (κ3) is 2.72. The quantitative estimate of drug-likeness (QED) is 0.830. The van der Waals surface area contributed by atoms with Crippen LogP contribution in [-0.2, 0) is 0 Å². The molecule has 1 aliphatic rings. The van der Waals surface area contributed by atoms with E-state index >= 15 is 0 Å². The molecular weight excluding hydrogens is 256 g/mol. The highest BCUT2D eigenvalue weighted by Crippen LogP contribution is 2.37. The fourth-order valence-electron chi connectivity index (χ4n) is 2.74. The van der Waals surface area contributed by atoms with Crippen LogP contribution in [0.5, 0.6) is 0 Å². The third-order valence-electron chi connectivity index (χ3n) is 4.18. The van der Waals surface area contributed by atoms with E-state index in [1.807, 2.05) is 12.1 Å². The Kier molecular flexibility index (Phi) is 4.06. The summed E-state index contributed by atoms with van der Waals surface area (Å²) in [6, 6.07) is 3.81. The summed E-state index contributed by atoms with van der Waals surface area (Å²) < 4.78 is 0. The molecule has 0 atom stereocenters. The van der Waals surface area contributed by atoms with Crippen LogP contribution in [0.1, 0.15) is 24.8 Å². The van der Waals surface area contributed by atoms with Crippen LogP contribution in [0, 0.1) is 0 Å². The Bertz CT molecular complexity index is 468. The van der Waals surface area contributed by atoms with Crippen LogP contribution < -0.4 is 10.6 Å². The highest BCUT2D eigenvalue weighted by atomic mass is 32.1. The number of likely N-dealkylation sites (N-methyl/N-ethyl adjacent to an activating group) is 2. The van der Waals surface area contributed by atoms with Gasteiger partial charge in [-0.15, -0.1) is 0 Å². The summed E-state index contributed by atoms with van der Waals surface area (Å²) in [4.78, 5) is 9.35. The maximum absolute atomic E-state index is 5.78. The summed E-state index contributed by atoms with van der Waals surface area (Å²) in [5.74, 6) is 0.878. The Hall–Kier alpha value is -1.20. The summed E-state index contributed by atoms with van der Waals surface area (Å²) >= 11 is 5.10. The number of nitrogens with zero attached hydrogens (tertiary/aromatic N) is 3. The first-order valence-electron chi connectivity index (χ1n) is 6.60. The van der Waals surface area contributed by atoms with Crippen molar-refractivity contribution < 1.29 is 0 Å². The largest absolute Gasteiger partial charge is 0.389 e. The van der Waals surface area contributed by atoms with E-state index < -0.39 is 0 Å². The lowest BCUT2D eigenvalue weighted by molar-refractivity contribution is 0.0682. The Balaban J connectivity index is 2.20. The second-order valence-electron chi connectivity index (χ2n) is 5.57. The number of rotatable bonds is 5. The number of nitrogens with two attached hydrogens (primary N) is 1. The third-order valence-corrected chi connectivity index (χ3v) is 4.40. The number of hydrogen-bond acceptors (Lipinski definition) is 4. The predicted molar refractivity (Wildman–Crippen MR) is 83.7 cm³/mol. The number of thiocarbonyl (C=S) groups is 1. The van der Waals surface area contributed by atoms with Crippen molar-refractivity contribution >= 4 is 23.0 Å². The lowest BCUT2D eigenvalue weighted by atomic mass is 9.75. The zero-order chi connectivity index (χ0) is 14.0. The van der Waals surface area contributed by atoms with Gasteiger partial charge in [0.1, 0.15) is 10.8 Å². The minimum absolute atomic E-state index is 0.264. The number of pyridine rings is 1. The average molecular weight is 278 g/mol. The molecule has 104 valence electrons. The van der Waals surface area contributed by atoms with Crippen molar-refractivity contribution in [3.63, 3.8) is 0 Å². The molecule has 0 spiro atoms. The molecule has 1 aliphatic carbocycles. The van der Waals surface area contributed by atoms with Crippen molar-refractivity contribution in [2.24, 2.45) is 5.73 Å². The minimum Gasteiger partial charge on any atom is -0.389 e. The lowest BCUT2D eigenvalue weighted by Gasteiger charge is -2.49. The first-order chi connectivity index (χ1) is 8.96. The van der Waals surface area contributed by atoms with Crippen LogP contribution in [0.2, 0.25) is 0 Å². The molecule has 5 heteroatoms. The second-order valence-corrected chi connectivity index (χ2v) is 6.01. The normalized spacial score (nSPS) is 17.1. The van der Waals surface area contributed by atoms with Crippen LogP contribution >= 0.6 is 12.2 Å². The lowest BCUT2D eigenvalue weighted by Crippen LogP contribution is -2.57. The van der Waals surface area contributed by atoms with E-state index in [1.165, 1.54) is 19.3 Å². The van der Waals surface area contributed by atoms with Gasteiger partial charge in [0.2, 0.25) is 0 Å². The number of hydrogen-bond donors (Lipinski definition) is 1. The van der Waals surface area contributed by atoms with E-state index in [2.05, 4.69) is 35.9 Å². The van der Waals surface area contributed by atoms with Crippen molar-refractivity contribution in [1.29, 1.82) is 0 Å². The van der Waals surface area contributed by atoms with Crippen LogP contribution in [0.15, 0.2) is 18.3 Å².